The molecule has 0 radical (unpaired) electrons. The molecule has 2 aromatic rings. The maximum atomic E-state index is 13.7. The van der Waals surface area contributed by atoms with Gasteiger partial charge in [0, 0.05) is 44.4 Å². The summed E-state index contributed by atoms with van der Waals surface area (Å²) in [4.78, 5) is 48.4. The molecule has 1 aliphatic carbocycles. The van der Waals surface area contributed by atoms with Crippen LogP contribution in [0.25, 0.3) is 0 Å². The Morgan fingerprint density at radius 2 is 1.87 bits per heavy atom. The van der Waals surface area contributed by atoms with Crippen LogP contribution in [0.1, 0.15) is 63.1 Å². The number of aromatic nitrogens is 2. The molecule has 2 fully saturated rings. The lowest BCUT2D eigenvalue weighted by atomic mass is 9.63. The number of piperidine rings is 1. The maximum Gasteiger partial charge on any atom is 0.315 e. The van der Waals surface area contributed by atoms with Gasteiger partial charge in [-0.3, -0.25) is 9.59 Å². The molecule has 1 aromatic heterocycles. The Morgan fingerprint density at radius 1 is 1.15 bits per heavy atom. The Kier molecular flexibility index (Phi) is 9.95. The highest BCUT2D eigenvalue weighted by Gasteiger charge is 2.49. The minimum atomic E-state index is -0.826. The van der Waals surface area contributed by atoms with E-state index in [9.17, 15) is 18.8 Å². The first-order chi connectivity index (χ1) is 18.9. The highest BCUT2D eigenvalue weighted by Crippen LogP contribution is 2.46. The van der Waals surface area contributed by atoms with E-state index >= 15 is 0 Å². The summed E-state index contributed by atoms with van der Waals surface area (Å²) < 4.78 is 19.0. The molecule has 4 rings (SSSR count). The van der Waals surface area contributed by atoms with Crippen molar-refractivity contribution in [2.45, 2.75) is 70.8 Å². The first-order valence-electron chi connectivity index (χ1n) is 14.1. The third-order valence-corrected chi connectivity index (χ3v) is 8.23. The van der Waals surface area contributed by atoms with Gasteiger partial charge in [0.05, 0.1) is 18.3 Å². The number of amides is 3. The minimum absolute atomic E-state index is 0.137. The van der Waals surface area contributed by atoms with E-state index in [2.05, 4.69) is 20.6 Å². The van der Waals surface area contributed by atoms with Gasteiger partial charge in [-0.15, -0.1) is 0 Å². The van der Waals surface area contributed by atoms with Gasteiger partial charge in [-0.2, -0.15) is 0 Å². The zero-order valence-electron chi connectivity index (χ0n) is 22.7. The maximum absolute atomic E-state index is 13.7. The molecular formula is C29H40FN5O4. The highest BCUT2D eigenvalue weighted by atomic mass is 19.1. The molecule has 0 bridgehead atoms. The summed E-state index contributed by atoms with van der Waals surface area (Å²) in [6.07, 6.45) is 10.7. The molecule has 2 heterocycles. The molecule has 1 atom stereocenters. The second-order valence-electron chi connectivity index (χ2n) is 10.6. The highest BCUT2D eigenvalue weighted by molar-refractivity contribution is 5.88. The predicted octanol–water partition coefficient (Wildman–Crippen LogP) is 3.75. The quantitative estimate of drug-likeness (QED) is 0.396. The molecule has 1 aromatic carbocycles. The van der Waals surface area contributed by atoms with Gasteiger partial charge in [0.1, 0.15) is 11.9 Å². The minimum Gasteiger partial charge on any atom is -0.466 e. The fourth-order valence-corrected chi connectivity index (χ4v) is 6.05. The zero-order valence-corrected chi connectivity index (χ0v) is 22.7. The zero-order chi connectivity index (χ0) is 27.7. The van der Waals surface area contributed by atoms with E-state index in [1.807, 2.05) is 6.92 Å². The van der Waals surface area contributed by atoms with E-state index < -0.39 is 17.5 Å². The number of esters is 1. The van der Waals surface area contributed by atoms with Gasteiger partial charge in [0.2, 0.25) is 5.91 Å². The van der Waals surface area contributed by atoms with Crippen molar-refractivity contribution >= 4 is 17.9 Å². The van der Waals surface area contributed by atoms with E-state index in [0.29, 0.717) is 45.5 Å². The van der Waals surface area contributed by atoms with Gasteiger partial charge in [-0.05, 0) is 56.2 Å². The van der Waals surface area contributed by atoms with Gasteiger partial charge in [0.15, 0.2) is 0 Å². The van der Waals surface area contributed by atoms with Crippen molar-refractivity contribution in [1.82, 2.24) is 25.5 Å². The molecule has 10 heteroatoms. The van der Waals surface area contributed by atoms with Crippen molar-refractivity contribution in [2.75, 3.05) is 26.2 Å². The van der Waals surface area contributed by atoms with Gasteiger partial charge >= 0.3 is 12.0 Å². The number of likely N-dealkylation sites (tertiary alicyclic amines) is 1. The van der Waals surface area contributed by atoms with Crippen molar-refractivity contribution in [1.29, 1.82) is 0 Å². The van der Waals surface area contributed by atoms with E-state index in [0.717, 1.165) is 36.9 Å². The van der Waals surface area contributed by atoms with Crippen LogP contribution >= 0.6 is 0 Å². The summed E-state index contributed by atoms with van der Waals surface area (Å²) in [5, 5.41) is 5.63. The number of nitrogens with zero attached hydrogens (tertiary/aromatic N) is 2. The monoisotopic (exact) mass is 541 g/mol. The molecule has 9 nitrogen and oxygen atoms in total. The number of imidazole rings is 1. The Balaban J connectivity index is 1.42. The lowest BCUT2D eigenvalue weighted by molar-refractivity contribution is -0.166. The van der Waals surface area contributed by atoms with Crippen molar-refractivity contribution in [3.63, 3.8) is 0 Å². The molecule has 0 unspecified atom stereocenters. The topological polar surface area (TPSA) is 116 Å². The van der Waals surface area contributed by atoms with E-state index in [1.54, 1.807) is 29.6 Å². The first kappa shape index (κ1) is 28.6. The number of urea groups is 1. The average molecular weight is 542 g/mol. The van der Waals surface area contributed by atoms with Crippen molar-refractivity contribution in [2.24, 2.45) is 11.3 Å². The third kappa shape index (κ3) is 7.36. The van der Waals surface area contributed by atoms with Crippen LogP contribution in [-0.4, -0.2) is 65.1 Å². The number of carbonyl (C=O) groups excluding carboxylic acids is 3. The van der Waals surface area contributed by atoms with Gasteiger partial charge in [-0.1, -0.05) is 31.4 Å². The second-order valence-corrected chi connectivity index (χ2v) is 10.6. The number of halogens is 1. The average Bonchev–Trinajstić information content (AvgIpc) is 3.48. The third-order valence-electron chi connectivity index (χ3n) is 8.23. The molecule has 0 spiro atoms. The fourth-order valence-electron chi connectivity index (χ4n) is 6.05. The Hall–Kier alpha value is -3.43. The lowest BCUT2D eigenvalue weighted by Crippen LogP contribution is -2.56. The summed E-state index contributed by atoms with van der Waals surface area (Å²) in [6.45, 7) is 3.40. The molecule has 1 aliphatic heterocycles. The van der Waals surface area contributed by atoms with E-state index in [-0.39, 0.29) is 30.0 Å². The summed E-state index contributed by atoms with van der Waals surface area (Å²) in [5.74, 6) is -0.428. The van der Waals surface area contributed by atoms with Crippen LogP contribution in [0.4, 0.5) is 9.18 Å². The molecule has 3 amide bonds. The number of benzene rings is 1. The van der Waals surface area contributed by atoms with Crippen LogP contribution < -0.4 is 10.6 Å². The summed E-state index contributed by atoms with van der Waals surface area (Å²) in [6, 6.07) is 4.67. The molecular weight excluding hydrogens is 501 g/mol. The Labute approximate surface area is 229 Å². The summed E-state index contributed by atoms with van der Waals surface area (Å²) >= 11 is 0. The van der Waals surface area contributed by atoms with Crippen molar-refractivity contribution in [3.05, 3.63) is 53.9 Å². The molecule has 1 saturated heterocycles. The number of H-pyrrole nitrogens is 1. The summed E-state index contributed by atoms with van der Waals surface area (Å²) in [7, 11) is 0. The standard InChI is InChI=1S/C29H40FN5O4/c1-2-39-27(37)29(22-6-4-3-5-7-22)13-16-35(17-14-29)26(36)25(18-21-8-10-23(30)11-9-21)34-28(38)32-15-12-24-19-31-20-33-24/h8-11,19-20,22,25H,2-7,12-18H2,1H3,(H,31,33)(H2,32,34,38)/t25-/m1/s1. The lowest BCUT2D eigenvalue weighted by Gasteiger charge is -2.46. The molecule has 2 aliphatic rings. The van der Waals surface area contributed by atoms with Crippen LogP contribution in [0, 0.1) is 17.2 Å². The smallest absolute Gasteiger partial charge is 0.315 e. The van der Waals surface area contributed by atoms with Crippen LogP contribution in [0.15, 0.2) is 36.8 Å². The first-order valence-corrected chi connectivity index (χ1v) is 14.1. The van der Waals surface area contributed by atoms with Crippen LogP contribution in [0.5, 0.6) is 0 Å². The normalized spacial score (nSPS) is 18.3. The SMILES string of the molecule is CCOC(=O)C1(C2CCCCC2)CCN(C(=O)[C@@H](Cc2ccc(F)cc2)NC(=O)NCCc2cnc[nH]2)CC1. The largest absolute Gasteiger partial charge is 0.466 e. The van der Waals surface area contributed by atoms with E-state index in [4.69, 9.17) is 4.74 Å². The van der Waals surface area contributed by atoms with Crippen molar-refractivity contribution in [3.8, 4) is 0 Å². The number of aromatic amines is 1. The number of ether oxygens (including phenoxy) is 1. The second kappa shape index (κ2) is 13.6. The molecule has 3 N–H and O–H groups in total. The van der Waals surface area contributed by atoms with Crippen LogP contribution in [-0.2, 0) is 27.2 Å². The Morgan fingerprint density at radius 3 is 2.51 bits per heavy atom. The summed E-state index contributed by atoms with van der Waals surface area (Å²) in [5.41, 5.74) is 1.08. The Bertz CT molecular complexity index is 1080. The van der Waals surface area contributed by atoms with Crippen LogP contribution in [0.3, 0.4) is 0 Å². The van der Waals surface area contributed by atoms with Gasteiger partial charge in [-0.25, -0.2) is 14.2 Å². The molecule has 212 valence electrons. The number of nitrogens with one attached hydrogen (secondary N) is 3. The number of rotatable bonds is 10. The predicted molar refractivity (Wildman–Crippen MR) is 144 cm³/mol. The number of hydrogen-bond acceptors (Lipinski definition) is 5. The van der Waals surface area contributed by atoms with Crippen molar-refractivity contribution < 1.29 is 23.5 Å². The molecule has 1 saturated carbocycles. The number of carbonyl (C=O) groups is 3. The van der Waals surface area contributed by atoms with Gasteiger partial charge in [0.25, 0.3) is 0 Å². The van der Waals surface area contributed by atoms with Crippen LogP contribution in [0.2, 0.25) is 0 Å². The number of hydrogen-bond donors (Lipinski definition) is 3. The van der Waals surface area contributed by atoms with E-state index in [1.165, 1.54) is 18.6 Å². The fraction of sp³-hybridized carbons (Fsp3) is 0.586. The molecule has 39 heavy (non-hydrogen) atoms. The van der Waals surface area contributed by atoms with Gasteiger partial charge < -0.3 is 25.3 Å².